The van der Waals surface area contributed by atoms with Crippen molar-refractivity contribution < 1.29 is 1480 Å². The van der Waals surface area contributed by atoms with Crippen molar-refractivity contribution >= 4 is 0 Å². The Hall–Kier alpha value is 45.8. The van der Waals surface area contributed by atoms with Crippen molar-refractivity contribution in [3.05, 3.63) is 0 Å². The van der Waals surface area contributed by atoms with E-state index in [2.05, 4.69) is 0 Å². The van der Waals surface area contributed by atoms with E-state index in [0.29, 0.717) is 0 Å². The summed E-state index contributed by atoms with van der Waals surface area (Å²) in [4.78, 5) is 0. The Morgan fingerprint density at radius 2 is 0.0714 bits per heavy atom. The average molecular weight is 1120 g/mol. The molecule has 0 aromatic carbocycles. The second kappa shape index (κ2) is 179. The minimum Gasteiger partial charge on any atom is -1.00 e. The summed E-state index contributed by atoms with van der Waals surface area (Å²) in [5.74, 6) is 0. The molecule has 0 saturated heterocycles. The Morgan fingerprint density at radius 3 is 0.0714 bits per heavy atom. The van der Waals surface area contributed by atoms with Gasteiger partial charge < -0.3 is 39.9 Å². The van der Waals surface area contributed by atoms with Gasteiger partial charge in [-0.25, -0.2) is 0 Å². The minimum atomic E-state index is 0. The number of hydrogen-bond acceptors (Lipinski definition) is 0. The molecule has 0 aromatic rings. The maximum Gasteiger partial charge on any atom is 1.00 e. The fraction of sp³-hybridized carbons (Fsp3) is 0. The third-order valence-electron chi connectivity index (χ3n) is 0. The maximum absolute atomic E-state index is 0. The van der Waals surface area contributed by atoms with Gasteiger partial charge >= 0.3 is 1440 Å². The molecule has 0 amide bonds. The molecule has 0 aliphatic carbocycles. The zero-order valence-electron chi connectivity index (χ0n) is 56.0. The molecule has 0 N–H and O–H groups in total. The fourth-order valence-electron chi connectivity index (χ4n) is 0. The average Bonchev–Trinajstić information content (AvgIpc) is 0. The zero-order valence-corrected chi connectivity index (χ0v) is 115. The fourth-order valence-corrected chi connectivity index (χ4v) is 0. The Morgan fingerprint density at radius 1 is 0.0714 bits per heavy atom. The van der Waals surface area contributed by atoms with Crippen LogP contribution in [0, 0.1) is 0 Å². The first-order valence-corrected chi connectivity index (χ1v) is 0. The summed E-state index contributed by atoms with van der Waals surface area (Å²) in [6, 6.07) is 0. The van der Waals surface area contributed by atoms with E-state index in [1.165, 1.54) is 0 Å². The van der Waals surface area contributed by atoms with Crippen LogP contribution in [0.5, 0.6) is 0 Å². The Labute approximate surface area is 1410 Å². The van der Waals surface area contributed by atoms with E-state index in [0.717, 1.165) is 0 Å². The summed E-state index contributed by atoms with van der Waals surface area (Å²) in [6.45, 7) is 0. The largest absolute Gasteiger partial charge is 1.00 e. The van der Waals surface area contributed by atoms with E-state index in [4.69, 9.17) is 0 Å². The summed E-state index contributed by atoms with van der Waals surface area (Å²) in [6.07, 6.45) is 0. The van der Waals surface area contributed by atoms with Gasteiger partial charge in [-0.3, -0.25) is 0 Å². The molecule has 0 aliphatic heterocycles. The molecule has 0 unspecified atom stereocenters. The molecule has 56 valence electrons. The van der Waals surface area contributed by atoms with Gasteiger partial charge in [0.05, 0.1) is 0 Å². The molecular formula is H28K28. The smallest absolute Gasteiger partial charge is 1.00 e. The molecule has 0 aromatic heterocycles. The molecule has 28 heavy (non-hydrogen) atoms. The first kappa shape index (κ1) is 186. The Balaban J connectivity index is 0. The van der Waals surface area contributed by atoms with Crippen molar-refractivity contribution in [1.29, 1.82) is 0 Å². The van der Waals surface area contributed by atoms with Crippen molar-refractivity contribution in [1.82, 2.24) is 0 Å². The molecule has 0 aliphatic rings. The normalized spacial score (nSPS) is 0. The first-order valence-electron chi connectivity index (χ1n) is 0. The van der Waals surface area contributed by atoms with Gasteiger partial charge in [-0.15, -0.1) is 0 Å². The minimum absolute atomic E-state index is 0. The summed E-state index contributed by atoms with van der Waals surface area (Å²) in [5.41, 5.74) is 0. The van der Waals surface area contributed by atoms with Crippen molar-refractivity contribution in [3.8, 4) is 0 Å². The molecular weight excluding hydrogens is 1090 g/mol. The van der Waals surface area contributed by atoms with Crippen LogP contribution >= 0.6 is 0 Å². The molecule has 0 heterocycles. The molecule has 0 rings (SSSR count). The molecule has 28 heteroatoms. The predicted octanol–water partition coefficient (Wildman–Crippen LogP) is -80.7. The SMILES string of the molecule is [H-].[H-].[H-].[H-].[H-].[H-].[H-].[H-].[H-].[H-].[H-].[H-].[H-].[H-].[H-].[H-].[H-].[H-].[H-].[H-].[H-].[H-].[H-].[H-].[H-].[H-].[H-].[H-].[K+].[K+].[K+].[K+].[K+].[K+].[K+].[K+].[K+].[K+].[K+].[K+].[K+].[K+].[K+].[K+].[K+].[K+].[K+].[K+].[K+].[K+].[K+].[K+].[K+].[K+].[K+].[K+]. The Kier molecular flexibility index (Phi) is 1190. The monoisotopic (exact) mass is 1120 g/mol. The first-order chi connectivity index (χ1) is 0. The van der Waals surface area contributed by atoms with E-state index in [1.54, 1.807) is 0 Å². The summed E-state index contributed by atoms with van der Waals surface area (Å²) in [5, 5.41) is 0. The number of hydrogen-bond donors (Lipinski definition) is 0. The molecule has 0 spiro atoms. The van der Waals surface area contributed by atoms with Gasteiger partial charge in [-0.2, -0.15) is 0 Å². The van der Waals surface area contributed by atoms with Crippen LogP contribution in [0.15, 0.2) is 0 Å². The van der Waals surface area contributed by atoms with Crippen LogP contribution in [0.1, 0.15) is 39.9 Å². The van der Waals surface area contributed by atoms with E-state index in [-0.39, 0.29) is 1480 Å². The van der Waals surface area contributed by atoms with Gasteiger partial charge in [-0.05, 0) is 0 Å². The van der Waals surface area contributed by atoms with Crippen LogP contribution in [0.3, 0.4) is 0 Å². The van der Waals surface area contributed by atoms with Gasteiger partial charge in [0.15, 0.2) is 0 Å². The number of rotatable bonds is 0. The van der Waals surface area contributed by atoms with E-state index < -0.39 is 0 Å². The molecule has 0 bridgehead atoms. The van der Waals surface area contributed by atoms with Crippen molar-refractivity contribution in [2.45, 2.75) is 0 Å². The molecule has 0 fully saturated rings. The quantitative estimate of drug-likeness (QED) is 0.212. The molecule has 0 saturated carbocycles. The summed E-state index contributed by atoms with van der Waals surface area (Å²) >= 11 is 0. The van der Waals surface area contributed by atoms with Crippen LogP contribution in [0.2, 0.25) is 0 Å². The molecule has 0 atom stereocenters. The molecule has 0 nitrogen and oxygen atoms in total. The second-order valence-corrected chi connectivity index (χ2v) is 0. The van der Waals surface area contributed by atoms with Crippen molar-refractivity contribution in [2.24, 2.45) is 0 Å². The van der Waals surface area contributed by atoms with Crippen LogP contribution < -0.4 is 1440 Å². The van der Waals surface area contributed by atoms with Gasteiger partial charge in [0, 0.05) is 0 Å². The summed E-state index contributed by atoms with van der Waals surface area (Å²) < 4.78 is 0. The summed E-state index contributed by atoms with van der Waals surface area (Å²) in [7, 11) is 0. The standard InChI is InChI=1S/28K.28H/q28*+1;28*-1. The van der Waals surface area contributed by atoms with Crippen LogP contribution in [-0.4, -0.2) is 0 Å². The van der Waals surface area contributed by atoms with Crippen LogP contribution in [0.25, 0.3) is 0 Å². The molecule has 0 radical (unpaired) electrons. The van der Waals surface area contributed by atoms with Gasteiger partial charge in [0.25, 0.3) is 0 Å². The second-order valence-electron chi connectivity index (χ2n) is 0. The third kappa shape index (κ3) is 172. The van der Waals surface area contributed by atoms with Gasteiger partial charge in [0.2, 0.25) is 0 Å². The predicted molar refractivity (Wildman–Crippen MR) is 31.1 cm³/mol. The van der Waals surface area contributed by atoms with E-state index in [9.17, 15) is 0 Å². The van der Waals surface area contributed by atoms with Crippen molar-refractivity contribution in [2.75, 3.05) is 0 Å². The maximum atomic E-state index is 0. The van der Waals surface area contributed by atoms with Crippen molar-refractivity contribution in [3.63, 3.8) is 0 Å². The van der Waals surface area contributed by atoms with Crippen LogP contribution in [0.4, 0.5) is 0 Å². The van der Waals surface area contributed by atoms with Gasteiger partial charge in [0.1, 0.15) is 0 Å². The van der Waals surface area contributed by atoms with Crippen LogP contribution in [-0.2, 0) is 0 Å². The Bertz CT molecular complexity index is 56.0. The third-order valence-corrected chi connectivity index (χ3v) is 0. The van der Waals surface area contributed by atoms with E-state index >= 15 is 0 Å². The van der Waals surface area contributed by atoms with E-state index in [1.807, 2.05) is 0 Å². The zero-order chi connectivity index (χ0) is 0. The van der Waals surface area contributed by atoms with Gasteiger partial charge in [-0.1, -0.05) is 0 Å². The topological polar surface area (TPSA) is 0 Å².